The van der Waals surface area contributed by atoms with Crippen LogP contribution in [0, 0.1) is 0 Å². The fourth-order valence-electron chi connectivity index (χ4n) is 2.43. The average molecular weight is 311 g/mol. The molecule has 114 valence electrons. The van der Waals surface area contributed by atoms with Gasteiger partial charge in [0.1, 0.15) is 6.04 Å². The molecule has 1 aliphatic heterocycles. The van der Waals surface area contributed by atoms with Gasteiger partial charge in [-0.05, 0) is 31.0 Å². The van der Waals surface area contributed by atoms with Crippen LogP contribution in [0.25, 0.3) is 0 Å². The number of rotatable bonds is 3. The summed E-state index contributed by atoms with van der Waals surface area (Å²) < 4.78 is 23.2. The monoisotopic (exact) mass is 311 g/mol. The minimum absolute atomic E-state index is 0.0272. The number of carbonyl (C=O) groups is 2. The van der Waals surface area contributed by atoms with Crippen LogP contribution in [0.4, 0.5) is 5.69 Å². The van der Waals surface area contributed by atoms with Gasteiger partial charge in [0.05, 0.1) is 4.90 Å². The normalized spacial score (nSPS) is 18.7. The first-order valence-electron chi connectivity index (χ1n) is 6.41. The number of hydrogen-bond donors (Lipinski definition) is 2. The van der Waals surface area contributed by atoms with Gasteiger partial charge in [-0.1, -0.05) is 0 Å². The Morgan fingerprint density at radius 1 is 1.29 bits per heavy atom. The third-order valence-electron chi connectivity index (χ3n) is 3.45. The number of nitrogen functional groups attached to an aromatic ring is 1. The Labute approximate surface area is 122 Å². The molecule has 0 spiro atoms. The van der Waals surface area contributed by atoms with Gasteiger partial charge in [0.15, 0.2) is 9.84 Å². The molecule has 8 heteroatoms. The molecule has 2 amide bonds. The number of nitrogens with two attached hydrogens (primary N) is 2. The lowest BCUT2D eigenvalue weighted by molar-refractivity contribution is -0.121. The van der Waals surface area contributed by atoms with Crippen molar-refractivity contribution in [1.29, 1.82) is 0 Å². The highest BCUT2D eigenvalue weighted by Gasteiger charge is 2.33. The molecule has 0 saturated carbocycles. The number of amides is 2. The summed E-state index contributed by atoms with van der Waals surface area (Å²) in [5.41, 5.74) is 11.3. The fourth-order valence-corrected chi connectivity index (χ4v) is 3.12. The summed E-state index contributed by atoms with van der Waals surface area (Å²) in [5.74, 6) is -0.999. The second kappa shape index (κ2) is 5.36. The van der Waals surface area contributed by atoms with E-state index in [1.807, 2.05) is 0 Å². The van der Waals surface area contributed by atoms with E-state index in [1.165, 1.54) is 23.1 Å². The molecule has 7 nitrogen and oxygen atoms in total. The van der Waals surface area contributed by atoms with Crippen LogP contribution in [0.15, 0.2) is 23.1 Å². The van der Waals surface area contributed by atoms with Gasteiger partial charge in [0.25, 0.3) is 5.91 Å². The third kappa shape index (κ3) is 3.15. The number of likely N-dealkylation sites (tertiary alicyclic amines) is 1. The quantitative estimate of drug-likeness (QED) is 0.746. The van der Waals surface area contributed by atoms with Gasteiger partial charge >= 0.3 is 0 Å². The van der Waals surface area contributed by atoms with Crippen LogP contribution in [0.1, 0.15) is 23.2 Å². The predicted molar refractivity (Wildman–Crippen MR) is 77.2 cm³/mol. The standard InChI is InChI=1S/C13H17N3O4S/c1-21(19,20)10-6-8(5-9(14)7-10)13(18)16-4-2-3-11(16)12(15)17/h5-7,11H,2-4,14H2,1H3,(H2,15,17). The lowest BCUT2D eigenvalue weighted by atomic mass is 10.1. The summed E-state index contributed by atoms with van der Waals surface area (Å²) in [6.07, 6.45) is 2.24. The molecule has 0 aromatic heterocycles. The molecular weight excluding hydrogens is 294 g/mol. The van der Waals surface area contributed by atoms with E-state index in [-0.39, 0.29) is 16.1 Å². The topological polar surface area (TPSA) is 124 Å². The Hall–Kier alpha value is -2.09. The molecule has 1 saturated heterocycles. The van der Waals surface area contributed by atoms with E-state index < -0.39 is 27.7 Å². The van der Waals surface area contributed by atoms with Crippen LogP contribution in [-0.4, -0.2) is 44.0 Å². The van der Waals surface area contributed by atoms with Crippen molar-refractivity contribution in [3.05, 3.63) is 23.8 Å². The second-order valence-electron chi connectivity index (χ2n) is 5.12. The third-order valence-corrected chi connectivity index (χ3v) is 4.54. The Kier molecular flexibility index (Phi) is 3.91. The van der Waals surface area contributed by atoms with Crippen molar-refractivity contribution < 1.29 is 18.0 Å². The van der Waals surface area contributed by atoms with E-state index in [2.05, 4.69) is 0 Å². The van der Waals surface area contributed by atoms with Crippen molar-refractivity contribution in [3.8, 4) is 0 Å². The van der Waals surface area contributed by atoms with Crippen LogP contribution in [0.2, 0.25) is 0 Å². The minimum atomic E-state index is -3.48. The van der Waals surface area contributed by atoms with Crippen LogP contribution in [-0.2, 0) is 14.6 Å². The number of sulfone groups is 1. The minimum Gasteiger partial charge on any atom is -0.399 e. The maximum Gasteiger partial charge on any atom is 0.254 e. The van der Waals surface area contributed by atoms with E-state index >= 15 is 0 Å². The molecule has 1 aromatic rings. The number of primary amides is 1. The predicted octanol–water partition coefficient (Wildman–Crippen LogP) is -0.238. The average Bonchev–Trinajstić information content (AvgIpc) is 2.85. The zero-order valence-corrected chi connectivity index (χ0v) is 12.4. The number of benzene rings is 1. The van der Waals surface area contributed by atoms with Gasteiger partial charge in [0.2, 0.25) is 5.91 Å². The van der Waals surface area contributed by atoms with E-state index in [4.69, 9.17) is 11.5 Å². The van der Waals surface area contributed by atoms with Gasteiger partial charge in [0, 0.05) is 24.1 Å². The molecule has 1 heterocycles. The summed E-state index contributed by atoms with van der Waals surface area (Å²) in [5, 5.41) is 0. The molecule has 1 atom stereocenters. The molecule has 0 aliphatic carbocycles. The molecule has 0 bridgehead atoms. The van der Waals surface area contributed by atoms with Crippen LogP contribution in [0.3, 0.4) is 0 Å². The second-order valence-corrected chi connectivity index (χ2v) is 7.14. The highest BCUT2D eigenvalue weighted by atomic mass is 32.2. The highest BCUT2D eigenvalue weighted by Crippen LogP contribution is 2.23. The first-order valence-corrected chi connectivity index (χ1v) is 8.30. The van der Waals surface area contributed by atoms with Gasteiger partial charge in [-0.2, -0.15) is 0 Å². The zero-order valence-electron chi connectivity index (χ0n) is 11.6. The molecule has 21 heavy (non-hydrogen) atoms. The Morgan fingerprint density at radius 3 is 2.52 bits per heavy atom. The Balaban J connectivity index is 2.40. The number of nitrogens with zero attached hydrogens (tertiary/aromatic N) is 1. The van der Waals surface area contributed by atoms with Gasteiger partial charge < -0.3 is 16.4 Å². The van der Waals surface area contributed by atoms with E-state index in [0.717, 1.165) is 6.26 Å². The molecule has 4 N–H and O–H groups in total. The Morgan fingerprint density at radius 2 is 1.95 bits per heavy atom. The van der Waals surface area contributed by atoms with Crippen molar-refractivity contribution in [2.45, 2.75) is 23.8 Å². The maximum absolute atomic E-state index is 12.5. The molecule has 1 unspecified atom stereocenters. The molecule has 0 radical (unpaired) electrons. The lowest BCUT2D eigenvalue weighted by Gasteiger charge is -2.22. The van der Waals surface area contributed by atoms with Crippen molar-refractivity contribution in [1.82, 2.24) is 4.90 Å². The molecule has 1 fully saturated rings. The number of anilines is 1. The van der Waals surface area contributed by atoms with Crippen LogP contribution >= 0.6 is 0 Å². The summed E-state index contributed by atoms with van der Waals surface area (Å²) >= 11 is 0. The first kappa shape index (κ1) is 15.3. The van der Waals surface area contributed by atoms with Crippen molar-refractivity contribution in [2.75, 3.05) is 18.5 Å². The van der Waals surface area contributed by atoms with Crippen molar-refractivity contribution in [3.63, 3.8) is 0 Å². The molecule has 2 rings (SSSR count). The van der Waals surface area contributed by atoms with E-state index in [9.17, 15) is 18.0 Å². The smallest absolute Gasteiger partial charge is 0.254 e. The van der Waals surface area contributed by atoms with E-state index in [0.29, 0.717) is 19.4 Å². The zero-order chi connectivity index (χ0) is 15.8. The van der Waals surface area contributed by atoms with Gasteiger partial charge in [-0.15, -0.1) is 0 Å². The van der Waals surface area contributed by atoms with Crippen molar-refractivity contribution >= 4 is 27.3 Å². The molecule has 1 aliphatic rings. The summed E-state index contributed by atoms with van der Waals surface area (Å²) in [4.78, 5) is 25.1. The summed E-state index contributed by atoms with van der Waals surface area (Å²) in [7, 11) is -3.48. The number of carbonyl (C=O) groups excluding carboxylic acids is 2. The van der Waals surface area contributed by atoms with Crippen LogP contribution in [0.5, 0.6) is 0 Å². The first-order chi connectivity index (χ1) is 9.70. The fraction of sp³-hybridized carbons (Fsp3) is 0.385. The van der Waals surface area contributed by atoms with E-state index in [1.54, 1.807) is 0 Å². The van der Waals surface area contributed by atoms with Crippen molar-refractivity contribution in [2.24, 2.45) is 5.73 Å². The highest BCUT2D eigenvalue weighted by molar-refractivity contribution is 7.90. The largest absolute Gasteiger partial charge is 0.399 e. The number of hydrogen-bond acceptors (Lipinski definition) is 5. The summed E-state index contributed by atoms with van der Waals surface area (Å²) in [6.45, 7) is 0.412. The maximum atomic E-state index is 12.5. The van der Waals surface area contributed by atoms with Crippen LogP contribution < -0.4 is 11.5 Å². The van der Waals surface area contributed by atoms with Gasteiger partial charge in [-0.3, -0.25) is 9.59 Å². The van der Waals surface area contributed by atoms with Gasteiger partial charge in [-0.25, -0.2) is 8.42 Å². The molecule has 1 aromatic carbocycles. The summed E-state index contributed by atoms with van der Waals surface area (Å²) in [6, 6.07) is 3.31. The molecular formula is C13H17N3O4S. The lowest BCUT2D eigenvalue weighted by Crippen LogP contribution is -2.43. The SMILES string of the molecule is CS(=O)(=O)c1cc(N)cc(C(=O)N2CCCC2C(N)=O)c1. The Bertz CT molecular complexity index is 699.